The van der Waals surface area contributed by atoms with E-state index in [1.54, 1.807) is 0 Å². The van der Waals surface area contributed by atoms with Crippen LogP contribution in [0.15, 0.2) is 0 Å². The average Bonchev–Trinajstić information content (AvgIpc) is 2.55. The lowest BCUT2D eigenvalue weighted by molar-refractivity contribution is -0.160. The second-order valence-corrected chi connectivity index (χ2v) is 7.27. The maximum atomic E-state index is 13.1. The first-order chi connectivity index (χ1) is 11.4. The molecule has 4 amide bonds. The Kier molecular flexibility index (Phi) is 7.91. The van der Waals surface area contributed by atoms with Gasteiger partial charge in [-0.3, -0.25) is 19.4 Å². The highest BCUT2D eigenvalue weighted by molar-refractivity contribution is 6.19. The summed E-state index contributed by atoms with van der Waals surface area (Å²) >= 11 is 0. The fourth-order valence-corrected chi connectivity index (χ4v) is 3.18. The molecule has 0 aromatic rings. The van der Waals surface area contributed by atoms with Gasteiger partial charge in [-0.1, -0.05) is 47.5 Å². The molecule has 0 unspecified atom stereocenters. The molecule has 0 bridgehead atoms. The number of barbiturate groups is 1. The zero-order valence-electron chi connectivity index (χ0n) is 16.1. The van der Waals surface area contributed by atoms with Gasteiger partial charge in [-0.25, -0.2) is 4.79 Å². The van der Waals surface area contributed by atoms with Crippen LogP contribution < -0.4 is 0 Å². The third kappa shape index (κ3) is 4.17. The van der Waals surface area contributed by atoms with Crippen molar-refractivity contribution in [1.29, 1.82) is 0 Å². The Morgan fingerprint density at radius 2 is 1.33 bits per heavy atom. The zero-order chi connectivity index (χ0) is 18.3. The highest BCUT2D eigenvalue weighted by atomic mass is 16.2. The predicted molar refractivity (Wildman–Crippen MR) is 95.4 cm³/mol. The summed E-state index contributed by atoms with van der Waals surface area (Å²) in [6.45, 7) is 11.0. The maximum Gasteiger partial charge on any atom is 0.333 e. The number of imide groups is 2. The second-order valence-electron chi connectivity index (χ2n) is 7.27. The van der Waals surface area contributed by atoms with E-state index in [9.17, 15) is 14.4 Å². The number of amides is 4. The van der Waals surface area contributed by atoms with Crippen molar-refractivity contribution in [3.63, 3.8) is 0 Å². The summed E-state index contributed by atoms with van der Waals surface area (Å²) in [5.74, 6) is -0.136. The van der Waals surface area contributed by atoms with Crippen LogP contribution in [0.3, 0.4) is 0 Å². The van der Waals surface area contributed by atoms with Crippen molar-refractivity contribution >= 4 is 17.8 Å². The molecule has 24 heavy (non-hydrogen) atoms. The van der Waals surface area contributed by atoms with Crippen molar-refractivity contribution in [2.75, 3.05) is 13.1 Å². The van der Waals surface area contributed by atoms with Gasteiger partial charge < -0.3 is 0 Å². The topological polar surface area (TPSA) is 57.7 Å². The lowest BCUT2D eigenvalue weighted by atomic mass is 9.75. The van der Waals surface area contributed by atoms with Crippen LogP contribution in [0.5, 0.6) is 0 Å². The molecule has 1 rings (SSSR count). The summed E-state index contributed by atoms with van der Waals surface area (Å²) in [7, 11) is 0. The Labute approximate surface area is 146 Å². The van der Waals surface area contributed by atoms with E-state index in [0.717, 1.165) is 32.1 Å². The molecular formula is C19H34N2O3. The van der Waals surface area contributed by atoms with E-state index >= 15 is 0 Å². The molecule has 0 atom stereocenters. The predicted octanol–water partition coefficient (Wildman–Crippen LogP) is 4.21. The Balaban J connectivity index is 3.19. The number of urea groups is 1. The Morgan fingerprint density at radius 1 is 0.875 bits per heavy atom. The molecule has 138 valence electrons. The van der Waals surface area contributed by atoms with Crippen LogP contribution in [-0.2, 0) is 9.59 Å². The van der Waals surface area contributed by atoms with E-state index in [0.29, 0.717) is 31.8 Å². The van der Waals surface area contributed by atoms with E-state index in [2.05, 4.69) is 13.8 Å². The summed E-state index contributed by atoms with van der Waals surface area (Å²) in [6.07, 6.45) is 5.15. The van der Waals surface area contributed by atoms with Crippen LogP contribution in [-0.4, -0.2) is 40.7 Å². The van der Waals surface area contributed by atoms with Gasteiger partial charge >= 0.3 is 6.03 Å². The second kappa shape index (κ2) is 9.19. The lowest BCUT2D eigenvalue weighted by Crippen LogP contribution is -2.65. The van der Waals surface area contributed by atoms with Crippen LogP contribution in [0.1, 0.15) is 79.6 Å². The SMILES string of the molecule is CCCCN1C(=O)N(CCCC)C(=O)C(CC)(CCC(C)C)C1=O. The van der Waals surface area contributed by atoms with Gasteiger partial charge in [0.2, 0.25) is 11.8 Å². The first-order valence-electron chi connectivity index (χ1n) is 9.53. The molecule has 0 saturated carbocycles. The van der Waals surface area contributed by atoms with Crippen molar-refractivity contribution < 1.29 is 14.4 Å². The largest absolute Gasteiger partial charge is 0.333 e. The summed E-state index contributed by atoms with van der Waals surface area (Å²) in [4.78, 5) is 41.6. The minimum Gasteiger partial charge on any atom is -0.273 e. The van der Waals surface area contributed by atoms with Gasteiger partial charge in [0.15, 0.2) is 0 Å². The minimum atomic E-state index is -1.06. The van der Waals surface area contributed by atoms with Crippen LogP contribution in [0.25, 0.3) is 0 Å². The van der Waals surface area contributed by atoms with Crippen molar-refractivity contribution in [2.45, 2.75) is 79.6 Å². The van der Waals surface area contributed by atoms with Crippen molar-refractivity contribution in [2.24, 2.45) is 11.3 Å². The molecule has 5 nitrogen and oxygen atoms in total. The molecule has 0 N–H and O–H groups in total. The first kappa shape index (κ1) is 20.7. The molecule has 5 heteroatoms. The minimum absolute atomic E-state index is 0.276. The standard InChI is InChI=1S/C19H34N2O3/c1-6-9-13-20-16(22)19(8-3,12-11-15(4)5)17(23)21(18(20)24)14-10-7-2/h15H,6-14H2,1-5H3. The van der Waals surface area contributed by atoms with Crippen LogP contribution >= 0.6 is 0 Å². The van der Waals surface area contributed by atoms with E-state index in [-0.39, 0.29) is 11.8 Å². The Morgan fingerprint density at radius 3 is 1.67 bits per heavy atom. The normalized spacial score (nSPS) is 18.0. The molecule has 1 fully saturated rings. The Bertz CT molecular complexity index is 430. The van der Waals surface area contributed by atoms with E-state index in [1.807, 2.05) is 20.8 Å². The quantitative estimate of drug-likeness (QED) is 0.561. The number of hydrogen-bond acceptors (Lipinski definition) is 3. The average molecular weight is 338 g/mol. The third-order valence-electron chi connectivity index (χ3n) is 4.99. The van der Waals surface area contributed by atoms with Crippen molar-refractivity contribution in [1.82, 2.24) is 9.80 Å². The lowest BCUT2D eigenvalue weighted by Gasteiger charge is -2.44. The van der Waals surface area contributed by atoms with Crippen LogP contribution in [0.2, 0.25) is 0 Å². The monoisotopic (exact) mass is 338 g/mol. The number of carbonyl (C=O) groups is 3. The number of unbranched alkanes of at least 4 members (excludes halogenated alkanes) is 2. The van der Waals surface area contributed by atoms with Gasteiger partial charge in [0.25, 0.3) is 0 Å². The molecule has 0 aromatic heterocycles. The fraction of sp³-hybridized carbons (Fsp3) is 0.842. The van der Waals surface area contributed by atoms with E-state index in [1.165, 1.54) is 9.80 Å². The number of hydrogen-bond donors (Lipinski definition) is 0. The van der Waals surface area contributed by atoms with Crippen molar-refractivity contribution in [3.8, 4) is 0 Å². The van der Waals surface area contributed by atoms with E-state index in [4.69, 9.17) is 0 Å². The van der Waals surface area contributed by atoms with Gasteiger partial charge in [0, 0.05) is 13.1 Å². The van der Waals surface area contributed by atoms with Gasteiger partial charge in [0.05, 0.1) is 0 Å². The zero-order valence-corrected chi connectivity index (χ0v) is 16.1. The molecule has 0 aromatic carbocycles. The summed E-state index contributed by atoms with van der Waals surface area (Å²) in [5.41, 5.74) is -1.06. The molecule has 0 radical (unpaired) electrons. The first-order valence-corrected chi connectivity index (χ1v) is 9.53. The van der Waals surface area contributed by atoms with Gasteiger partial charge in [-0.2, -0.15) is 0 Å². The van der Waals surface area contributed by atoms with E-state index < -0.39 is 11.4 Å². The molecule has 1 aliphatic rings. The number of rotatable bonds is 10. The Hall–Kier alpha value is -1.39. The summed E-state index contributed by atoms with van der Waals surface area (Å²) < 4.78 is 0. The van der Waals surface area contributed by atoms with Crippen LogP contribution in [0, 0.1) is 11.3 Å². The maximum absolute atomic E-state index is 13.1. The summed E-state index contributed by atoms with van der Waals surface area (Å²) in [6, 6.07) is -0.416. The fourth-order valence-electron chi connectivity index (χ4n) is 3.18. The van der Waals surface area contributed by atoms with Crippen LogP contribution in [0.4, 0.5) is 4.79 Å². The number of nitrogens with zero attached hydrogens (tertiary/aromatic N) is 2. The molecule has 1 saturated heterocycles. The van der Waals surface area contributed by atoms with Gasteiger partial charge in [-0.05, 0) is 38.0 Å². The highest BCUT2D eigenvalue weighted by Gasteiger charge is 2.55. The third-order valence-corrected chi connectivity index (χ3v) is 4.99. The summed E-state index contributed by atoms with van der Waals surface area (Å²) in [5, 5.41) is 0. The molecular weight excluding hydrogens is 304 g/mol. The molecule has 0 spiro atoms. The molecule has 0 aliphatic carbocycles. The number of carbonyl (C=O) groups excluding carboxylic acids is 3. The highest BCUT2D eigenvalue weighted by Crippen LogP contribution is 2.38. The van der Waals surface area contributed by atoms with Gasteiger partial charge in [-0.15, -0.1) is 0 Å². The van der Waals surface area contributed by atoms with Crippen molar-refractivity contribution in [3.05, 3.63) is 0 Å². The smallest absolute Gasteiger partial charge is 0.273 e. The molecule has 1 heterocycles. The molecule has 1 aliphatic heterocycles. The van der Waals surface area contributed by atoms with Gasteiger partial charge in [0.1, 0.15) is 5.41 Å².